The Labute approximate surface area is 96.7 Å². The van der Waals surface area contributed by atoms with Crippen molar-refractivity contribution < 1.29 is 14.5 Å². The zero-order chi connectivity index (χ0) is 12.0. The van der Waals surface area contributed by atoms with Crippen molar-refractivity contribution in [3.63, 3.8) is 0 Å². The van der Waals surface area contributed by atoms with Crippen LogP contribution in [0.2, 0.25) is 0 Å². The van der Waals surface area contributed by atoms with Crippen LogP contribution in [0.1, 0.15) is 12.8 Å². The molecule has 88 valence electrons. The number of nitro groups is 1. The van der Waals surface area contributed by atoms with Crippen LogP contribution < -0.4 is 10.1 Å². The number of carbonyl (C=O) groups is 1. The van der Waals surface area contributed by atoms with E-state index in [1.807, 2.05) is 0 Å². The van der Waals surface area contributed by atoms with Crippen molar-refractivity contribution in [1.82, 2.24) is 0 Å². The van der Waals surface area contributed by atoms with Crippen LogP contribution in [-0.4, -0.2) is 16.9 Å². The summed E-state index contributed by atoms with van der Waals surface area (Å²) in [5, 5.41) is 13.3. The van der Waals surface area contributed by atoms with Gasteiger partial charge in [0.2, 0.25) is 0 Å². The number of nitrogens with one attached hydrogen (secondary N) is 1. The standard InChI is InChI=1S/C11H10N2O4/c14-11-10(6-1-2-6)17-9-4-3-7(13(15)16)5-8(9)12-11/h3-6,10H,1-2H2,(H,12,14). The molecule has 0 saturated heterocycles. The van der Waals surface area contributed by atoms with Gasteiger partial charge in [0.15, 0.2) is 6.10 Å². The van der Waals surface area contributed by atoms with Gasteiger partial charge in [0.05, 0.1) is 10.6 Å². The zero-order valence-electron chi connectivity index (χ0n) is 8.88. The van der Waals surface area contributed by atoms with Gasteiger partial charge in [-0.15, -0.1) is 0 Å². The van der Waals surface area contributed by atoms with Gasteiger partial charge in [0.1, 0.15) is 5.75 Å². The fourth-order valence-electron chi connectivity index (χ4n) is 1.94. The molecular weight excluding hydrogens is 224 g/mol. The van der Waals surface area contributed by atoms with Crippen LogP contribution in [0, 0.1) is 16.0 Å². The molecule has 1 aromatic carbocycles. The highest BCUT2D eigenvalue weighted by Crippen LogP contribution is 2.40. The fraction of sp³-hybridized carbons (Fsp3) is 0.364. The molecule has 1 aliphatic heterocycles. The molecule has 0 aromatic heterocycles. The largest absolute Gasteiger partial charge is 0.478 e. The number of hydrogen-bond acceptors (Lipinski definition) is 4. The van der Waals surface area contributed by atoms with E-state index < -0.39 is 11.0 Å². The Bertz CT molecular complexity index is 510. The van der Waals surface area contributed by atoms with Crippen LogP contribution >= 0.6 is 0 Å². The number of benzene rings is 1. The van der Waals surface area contributed by atoms with Crippen molar-refractivity contribution in [3.05, 3.63) is 28.3 Å². The minimum absolute atomic E-state index is 0.0579. The number of fused-ring (bicyclic) bond motifs is 1. The van der Waals surface area contributed by atoms with E-state index in [1.165, 1.54) is 18.2 Å². The summed E-state index contributed by atoms with van der Waals surface area (Å²) in [5.41, 5.74) is 0.318. The first kappa shape index (κ1) is 10.1. The second-order valence-corrected chi connectivity index (χ2v) is 4.30. The molecule has 0 spiro atoms. The Balaban J connectivity index is 1.93. The Hall–Kier alpha value is -2.11. The van der Waals surface area contributed by atoms with Gasteiger partial charge in [0.25, 0.3) is 11.6 Å². The van der Waals surface area contributed by atoms with Crippen LogP contribution in [0.3, 0.4) is 0 Å². The average Bonchev–Trinajstić information content (AvgIpc) is 3.11. The van der Waals surface area contributed by atoms with Gasteiger partial charge in [-0.3, -0.25) is 14.9 Å². The first-order valence-corrected chi connectivity index (χ1v) is 5.41. The Kier molecular flexibility index (Phi) is 2.04. The smallest absolute Gasteiger partial charge is 0.271 e. The molecule has 1 amide bonds. The maximum Gasteiger partial charge on any atom is 0.271 e. The summed E-state index contributed by atoms with van der Waals surface area (Å²) in [4.78, 5) is 21.8. The lowest BCUT2D eigenvalue weighted by Crippen LogP contribution is -2.38. The van der Waals surface area contributed by atoms with E-state index in [0.29, 0.717) is 17.4 Å². The second kappa shape index (κ2) is 3.44. The average molecular weight is 234 g/mol. The Morgan fingerprint density at radius 1 is 1.41 bits per heavy atom. The number of carbonyl (C=O) groups excluding carboxylic acids is 1. The van der Waals surface area contributed by atoms with Crippen molar-refractivity contribution in [3.8, 4) is 5.75 Å². The van der Waals surface area contributed by atoms with E-state index in [-0.39, 0.29) is 11.6 Å². The quantitative estimate of drug-likeness (QED) is 0.623. The summed E-state index contributed by atoms with van der Waals surface area (Å²) in [6, 6.07) is 4.22. The summed E-state index contributed by atoms with van der Waals surface area (Å²) in [7, 11) is 0. The molecule has 1 saturated carbocycles. The molecular formula is C11H10N2O4. The van der Waals surface area contributed by atoms with Gasteiger partial charge >= 0.3 is 0 Å². The van der Waals surface area contributed by atoms with E-state index in [1.54, 1.807) is 0 Å². The molecule has 2 aliphatic rings. The van der Waals surface area contributed by atoms with Gasteiger partial charge in [-0.1, -0.05) is 0 Å². The molecule has 17 heavy (non-hydrogen) atoms. The zero-order valence-corrected chi connectivity index (χ0v) is 8.88. The van der Waals surface area contributed by atoms with Crippen molar-refractivity contribution in [2.75, 3.05) is 5.32 Å². The predicted octanol–water partition coefficient (Wildman–Crippen LogP) is 1.70. The molecule has 1 aliphatic carbocycles. The molecule has 1 fully saturated rings. The molecule has 1 atom stereocenters. The lowest BCUT2D eigenvalue weighted by atomic mass is 10.1. The highest BCUT2D eigenvalue weighted by Gasteiger charge is 2.41. The Morgan fingerprint density at radius 2 is 2.18 bits per heavy atom. The predicted molar refractivity (Wildman–Crippen MR) is 58.9 cm³/mol. The lowest BCUT2D eigenvalue weighted by Gasteiger charge is -2.25. The summed E-state index contributed by atoms with van der Waals surface area (Å²) in [6.07, 6.45) is 1.56. The molecule has 6 heteroatoms. The summed E-state index contributed by atoms with van der Waals surface area (Å²) < 4.78 is 5.57. The molecule has 0 radical (unpaired) electrons. The van der Waals surface area contributed by atoms with Crippen molar-refractivity contribution >= 4 is 17.3 Å². The monoisotopic (exact) mass is 234 g/mol. The maximum absolute atomic E-state index is 11.7. The van der Waals surface area contributed by atoms with Gasteiger partial charge in [-0.2, -0.15) is 0 Å². The van der Waals surface area contributed by atoms with Crippen molar-refractivity contribution in [1.29, 1.82) is 0 Å². The lowest BCUT2D eigenvalue weighted by molar-refractivity contribution is -0.384. The van der Waals surface area contributed by atoms with E-state index in [4.69, 9.17) is 4.74 Å². The van der Waals surface area contributed by atoms with Crippen molar-refractivity contribution in [2.24, 2.45) is 5.92 Å². The molecule has 0 bridgehead atoms. The SMILES string of the molecule is O=C1Nc2cc([N+](=O)[O-])ccc2OC1C1CC1. The van der Waals surface area contributed by atoms with E-state index in [9.17, 15) is 14.9 Å². The number of non-ortho nitro benzene ring substituents is 1. The molecule has 1 heterocycles. The third-order valence-electron chi connectivity index (χ3n) is 2.99. The third kappa shape index (κ3) is 1.71. The van der Waals surface area contributed by atoms with Gasteiger partial charge in [-0.25, -0.2) is 0 Å². The van der Waals surface area contributed by atoms with Gasteiger partial charge in [0, 0.05) is 18.1 Å². The minimum Gasteiger partial charge on any atom is -0.478 e. The Morgan fingerprint density at radius 3 is 2.82 bits per heavy atom. The maximum atomic E-state index is 11.7. The number of hydrogen-bond donors (Lipinski definition) is 1. The van der Waals surface area contributed by atoms with Crippen LogP contribution in [0.25, 0.3) is 0 Å². The summed E-state index contributed by atoms with van der Waals surface area (Å²) >= 11 is 0. The highest BCUT2D eigenvalue weighted by atomic mass is 16.6. The van der Waals surface area contributed by atoms with E-state index >= 15 is 0 Å². The number of rotatable bonds is 2. The number of anilines is 1. The number of nitro benzene ring substituents is 1. The molecule has 1 N–H and O–H groups in total. The first-order valence-electron chi connectivity index (χ1n) is 5.41. The minimum atomic E-state index is -0.501. The van der Waals surface area contributed by atoms with Gasteiger partial charge in [-0.05, 0) is 18.9 Å². The van der Waals surface area contributed by atoms with Crippen LogP contribution in [0.15, 0.2) is 18.2 Å². The number of ether oxygens (including phenoxy) is 1. The summed E-state index contributed by atoms with van der Waals surface area (Å²) in [5.74, 6) is 0.589. The second-order valence-electron chi connectivity index (χ2n) is 4.30. The molecule has 3 rings (SSSR count). The fourth-order valence-corrected chi connectivity index (χ4v) is 1.94. The highest BCUT2D eigenvalue weighted by molar-refractivity contribution is 5.98. The number of amides is 1. The van der Waals surface area contributed by atoms with E-state index in [2.05, 4.69) is 5.32 Å². The van der Waals surface area contributed by atoms with Crippen LogP contribution in [0.5, 0.6) is 5.75 Å². The number of nitrogens with zero attached hydrogens (tertiary/aromatic N) is 1. The molecule has 1 unspecified atom stereocenters. The van der Waals surface area contributed by atoms with E-state index in [0.717, 1.165) is 12.8 Å². The van der Waals surface area contributed by atoms with Crippen LogP contribution in [-0.2, 0) is 4.79 Å². The first-order chi connectivity index (χ1) is 8.15. The van der Waals surface area contributed by atoms with Crippen LogP contribution in [0.4, 0.5) is 11.4 Å². The normalized spacial score (nSPS) is 22.4. The third-order valence-corrected chi connectivity index (χ3v) is 2.99. The topological polar surface area (TPSA) is 81.5 Å². The van der Waals surface area contributed by atoms with Crippen molar-refractivity contribution in [2.45, 2.75) is 18.9 Å². The molecule has 6 nitrogen and oxygen atoms in total. The summed E-state index contributed by atoms with van der Waals surface area (Å²) in [6.45, 7) is 0. The van der Waals surface area contributed by atoms with Gasteiger partial charge < -0.3 is 10.1 Å². The molecule has 1 aromatic rings.